The van der Waals surface area contributed by atoms with Crippen LogP contribution >= 0.6 is 0 Å². The van der Waals surface area contributed by atoms with Gasteiger partial charge in [0.15, 0.2) is 0 Å². The zero-order valence-electron chi connectivity index (χ0n) is 12.0. The monoisotopic (exact) mass is 287 g/mol. The van der Waals surface area contributed by atoms with Gasteiger partial charge in [-0.1, -0.05) is 12.1 Å². The minimum Gasteiger partial charge on any atom is -0.371 e. The van der Waals surface area contributed by atoms with Crippen LogP contribution in [-0.4, -0.2) is 29.7 Å². The Bertz CT molecular complexity index is 609. The van der Waals surface area contributed by atoms with Gasteiger partial charge in [-0.3, -0.25) is 0 Å². The molecular weight excluding hydrogens is 269 g/mol. The summed E-state index contributed by atoms with van der Waals surface area (Å²) in [6.07, 6.45) is 3.82. The molecule has 0 radical (unpaired) electrons. The number of ether oxygens (including phenoxy) is 1. The predicted molar refractivity (Wildman–Crippen MR) is 77.5 cm³/mol. The minimum absolute atomic E-state index is 0.0714. The molecule has 0 aliphatic carbocycles. The van der Waals surface area contributed by atoms with Crippen molar-refractivity contribution in [3.05, 3.63) is 58.9 Å². The Hall–Kier alpha value is -1.85. The van der Waals surface area contributed by atoms with Gasteiger partial charge in [0, 0.05) is 31.9 Å². The molecule has 4 nitrogen and oxygen atoms in total. The Morgan fingerprint density at radius 2 is 2.14 bits per heavy atom. The number of aromatic nitrogens is 2. The van der Waals surface area contributed by atoms with Crippen LogP contribution in [0.15, 0.2) is 30.6 Å². The third kappa shape index (κ3) is 3.43. The fourth-order valence-corrected chi connectivity index (χ4v) is 2.37. The molecule has 21 heavy (non-hydrogen) atoms. The van der Waals surface area contributed by atoms with Gasteiger partial charge in [0.2, 0.25) is 0 Å². The zero-order chi connectivity index (χ0) is 14.7. The molecule has 0 unspecified atom stereocenters. The molecule has 1 fully saturated rings. The standard InChI is InChI=1S/C16H18FN3O/c1-11-8-19-16(20-9-11)7-12-2-3-13(6-14(12)17)15-10-18-4-5-21-15/h2-3,6,8-9,15,18H,4-5,7,10H2,1H3/t15-/m0/s1. The average Bonchev–Trinajstić information content (AvgIpc) is 2.52. The third-order valence-electron chi connectivity index (χ3n) is 3.56. The van der Waals surface area contributed by atoms with Crippen LogP contribution in [0, 0.1) is 12.7 Å². The summed E-state index contributed by atoms with van der Waals surface area (Å²) in [7, 11) is 0. The summed E-state index contributed by atoms with van der Waals surface area (Å²) in [4.78, 5) is 8.43. The number of hydrogen-bond acceptors (Lipinski definition) is 4. The number of nitrogens with one attached hydrogen (secondary N) is 1. The maximum Gasteiger partial charge on any atom is 0.132 e. The molecule has 0 saturated carbocycles. The molecule has 0 bridgehead atoms. The van der Waals surface area contributed by atoms with E-state index in [1.807, 2.05) is 13.0 Å². The van der Waals surface area contributed by atoms with Crippen LogP contribution in [-0.2, 0) is 11.2 Å². The molecule has 2 heterocycles. The summed E-state index contributed by atoms with van der Waals surface area (Å²) >= 11 is 0. The Labute approximate surface area is 123 Å². The zero-order valence-corrected chi connectivity index (χ0v) is 12.0. The molecule has 1 N–H and O–H groups in total. The summed E-state index contributed by atoms with van der Waals surface area (Å²) < 4.78 is 19.9. The van der Waals surface area contributed by atoms with E-state index in [-0.39, 0.29) is 11.9 Å². The predicted octanol–water partition coefficient (Wildman–Crippen LogP) is 2.18. The molecule has 5 heteroatoms. The molecule has 0 spiro atoms. The Morgan fingerprint density at radius 1 is 1.33 bits per heavy atom. The highest BCUT2D eigenvalue weighted by atomic mass is 19.1. The van der Waals surface area contributed by atoms with Crippen LogP contribution in [0.2, 0.25) is 0 Å². The van der Waals surface area contributed by atoms with Crippen LogP contribution in [0.25, 0.3) is 0 Å². The summed E-state index contributed by atoms with van der Waals surface area (Å²) in [5.41, 5.74) is 2.47. The highest BCUT2D eigenvalue weighted by Gasteiger charge is 2.17. The molecule has 110 valence electrons. The first-order chi connectivity index (χ1) is 10.2. The SMILES string of the molecule is Cc1cnc(Cc2ccc([C@@H]3CNCCO3)cc2F)nc1. The average molecular weight is 287 g/mol. The molecule has 1 aromatic heterocycles. The lowest BCUT2D eigenvalue weighted by atomic mass is 10.0. The first kappa shape index (κ1) is 14.1. The highest BCUT2D eigenvalue weighted by molar-refractivity contribution is 5.28. The van der Waals surface area contributed by atoms with E-state index in [1.165, 1.54) is 0 Å². The number of nitrogens with zero attached hydrogens (tertiary/aromatic N) is 2. The number of halogens is 1. The van der Waals surface area contributed by atoms with E-state index in [0.717, 1.165) is 24.2 Å². The molecule has 0 amide bonds. The second kappa shape index (κ2) is 6.28. The summed E-state index contributed by atoms with van der Waals surface area (Å²) in [5.74, 6) is 0.397. The van der Waals surface area contributed by atoms with Crippen molar-refractivity contribution in [3.63, 3.8) is 0 Å². The highest BCUT2D eigenvalue weighted by Crippen LogP contribution is 2.22. The quantitative estimate of drug-likeness (QED) is 0.940. The van der Waals surface area contributed by atoms with Gasteiger partial charge in [-0.25, -0.2) is 14.4 Å². The fraction of sp³-hybridized carbons (Fsp3) is 0.375. The second-order valence-corrected chi connectivity index (χ2v) is 5.27. The first-order valence-electron chi connectivity index (χ1n) is 7.10. The van der Waals surface area contributed by atoms with Crippen molar-refractivity contribution in [2.45, 2.75) is 19.4 Å². The van der Waals surface area contributed by atoms with Crippen molar-refractivity contribution < 1.29 is 9.13 Å². The molecule has 1 aliphatic heterocycles. The van der Waals surface area contributed by atoms with E-state index in [2.05, 4.69) is 15.3 Å². The largest absolute Gasteiger partial charge is 0.371 e. The van der Waals surface area contributed by atoms with Crippen LogP contribution < -0.4 is 5.32 Å². The lowest BCUT2D eigenvalue weighted by molar-refractivity contribution is 0.0275. The normalized spacial score (nSPS) is 18.7. The van der Waals surface area contributed by atoms with Crippen molar-refractivity contribution in [1.29, 1.82) is 0 Å². The summed E-state index contributed by atoms with van der Waals surface area (Å²) in [6, 6.07) is 5.28. The third-order valence-corrected chi connectivity index (χ3v) is 3.56. The number of morpholine rings is 1. The van der Waals surface area contributed by atoms with Gasteiger partial charge < -0.3 is 10.1 Å². The first-order valence-corrected chi connectivity index (χ1v) is 7.10. The smallest absolute Gasteiger partial charge is 0.132 e. The van der Waals surface area contributed by atoms with Gasteiger partial charge in [-0.15, -0.1) is 0 Å². The van der Waals surface area contributed by atoms with Gasteiger partial charge >= 0.3 is 0 Å². The van der Waals surface area contributed by atoms with Gasteiger partial charge in [-0.05, 0) is 29.7 Å². The van der Waals surface area contributed by atoms with E-state index in [0.29, 0.717) is 24.4 Å². The second-order valence-electron chi connectivity index (χ2n) is 5.27. The van der Waals surface area contributed by atoms with Crippen LogP contribution in [0.4, 0.5) is 4.39 Å². The van der Waals surface area contributed by atoms with Crippen molar-refractivity contribution in [2.24, 2.45) is 0 Å². The molecule has 1 aliphatic rings. The summed E-state index contributed by atoms with van der Waals surface area (Å²) in [5, 5.41) is 3.25. The molecule has 1 saturated heterocycles. The number of hydrogen-bond donors (Lipinski definition) is 1. The van der Waals surface area contributed by atoms with Crippen LogP contribution in [0.3, 0.4) is 0 Å². The van der Waals surface area contributed by atoms with E-state index in [4.69, 9.17) is 4.74 Å². The molecule has 3 rings (SSSR count). The summed E-state index contributed by atoms with van der Waals surface area (Å²) in [6.45, 7) is 4.16. The Morgan fingerprint density at radius 3 is 2.81 bits per heavy atom. The van der Waals surface area contributed by atoms with E-state index in [9.17, 15) is 4.39 Å². The molecule has 2 aromatic rings. The van der Waals surface area contributed by atoms with Gasteiger partial charge in [0.25, 0.3) is 0 Å². The van der Waals surface area contributed by atoms with Crippen molar-refractivity contribution in [3.8, 4) is 0 Å². The van der Waals surface area contributed by atoms with E-state index < -0.39 is 0 Å². The van der Waals surface area contributed by atoms with Gasteiger partial charge in [0.1, 0.15) is 11.6 Å². The van der Waals surface area contributed by atoms with Gasteiger partial charge in [0.05, 0.1) is 12.7 Å². The van der Waals surface area contributed by atoms with Gasteiger partial charge in [-0.2, -0.15) is 0 Å². The van der Waals surface area contributed by atoms with Crippen molar-refractivity contribution >= 4 is 0 Å². The lowest BCUT2D eigenvalue weighted by Gasteiger charge is -2.24. The Kier molecular flexibility index (Phi) is 4.22. The van der Waals surface area contributed by atoms with Crippen molar-refractivity contribution in [2.75, 3.05) is 19.7 Å². The Balaban J connectivity index is 1.76. The lowest BCUT2D eigenvalue weighted by Crippen LogP contribution is -2.33. The molecular formula is C16H18FN3O. The van der Waals surface area contributed by atoms with Crippen molar-refractivity contribution in [1.82, 2.24) is 15.3 Å². The van der Waals surface area contributed by atoms with E-state index >= 15 is 0 Å². The fourth-order valence-electron chi connectivity index (χ4n) is 2.37. The number of benzene rings is 1. The maximum absolute atomic E-state index is 14.2. The van der Waals surface area contributed by atoms with E-state index in [1.54, 1.807) is 24.5 Å². The molecule has 1 aromatic carbocycles. The number of rotatable bonds is 3. The van der Waals surface area contributed by atoms with Crippen LogP contribution in [0.1, 0.15) is 28.6 Å². The maximum atomic E-state index is 14.2. The minimum atomic E-state index is -0.231. The number of aryl methyl sites for hydroxylation is 1. The topological polar surface area (TPSA) is 47.0 Å². The molecule has 1 atom stereocenters. The van der Waals surface area contributed by atoms with Crippen LogP contribution in [0.5, 0.6) is 0 Å².